The Kier molecular flexibility index (Phi) is 3.48. The first-order chi connectivity index (χ1) is 6.36. The third kappa shape index (κ3) is 2.93. The van der Waals surface area contributed by atoms with E-state index in [0.29, 0.717) is 0 Å². The van der Waals surface area contributed by atoms with Crippen molar-refractivity contribution in [1.82, 2.24) is 0 Å². The fourth-order valence-electron chi connectivity index (χ4n) is 0.899. The number of carbonyl (C=O) groups excluding carboxylic acids is 1. The van der Waals surface area contributed by atoms with Gasteiger partial charge in [-0.05, 0) is 23.8 Å². The fraction of sp³-hybridized carbons (Fsp3) is 0.100. The molecule has 0 amide bonds. The fourth-order valence-corrected chi connectivity index (χ4v) is 0.899. The van der Waals surface area contributed by atoms with Gasteiger partial charge in [0.2, 0.25) is 6.08 Å². The molecule has 3 nitrogen and oxygen atoms in total. The van der Waals surface area contributed by atoms with Crippen LogP contribution in [0.1, 0.15) is 5.56 Å². The number of benzene rings is 1. The zero-order valence-electron chi connectivity index (χ0n) is 7.23. The molecule has 1 aromatic rings. The SMILES string of the molecule is COc1cccc(C=CN=C=O)c1. The molecule has 0 unspecified atom stereocenters. The molecule has 0 aliphatic heterocycles. The van der Waals surface area contributed by atoms with Gasteiger partial charge in [0.05, 0.1) is 7.11 Å². The summed E-state index contributed by atoms with van der Waals surface area (Å²) in [4.78, 5) is 13.0. The highest BCUT2D eigenvalue weighted by atomic mass is 16.5. The van der Waals surface area contributed by atoms with Gasteiger partial charge in [0.25, 0.3) is 0 Å². The molecular weight excluding hydrogens is 166 g/mol. The molecule has 0 N–H and O–H groups in total. The lowest BCUT2D eigenvalue weighted by Gasteiger charge is -1.98. The summed E-state index contributed by atoms with van der Waals surface area (Å²) >= 11 is 0. The smallest absolute Gasteiger partial charge is 0.239 e. The standard InChI is InChI=1S/C10H9NO2/c1-13-10-4-2-3-9(7-10)5-6-11-8-12/h2-7H,1H3. The molecule has 0 saturated carbocycles. The summed E-state index contributed by atoms with van der Waals surface area (Å²) in [6.45, 7) is 0. The quantitative estimate of drug-likeness (QED) is 0.520. The summed E-state index contributed by atoms with van der Waals surface area (Å²) in [7, 11) is 1.60. The van der Waals surface area contributed by atoms with Crippen LogP contribution in [0.15, 0.2) is 35.5 Å². The van der Waals surface area contributed by atoms with E-state index in [9.17, 15) is 4.79 Å². The minimum absolute atomic E-state index is 0.775. The van der Waals surface area contributed by atoms with Crippen molar-refractivity contribution in [2.24, 2.45) is 4.99 Å². The number of isocyanates is 1. The summed E-state index contributed by atoms with van der Waals surface area (Å²) in [6, 6.07) is 7.44. The van der Waals surface area contributed by atoms with Crippen LogP contribution in [0, 0.1) is 0 Å². The maximum Gasteiger partial charge on any atom is 0.239 e. The Morgan fingerprint density at radius 3 is 3.08 bits per heavy atom. The van der Waals surface area contributed by atoms with Gasteiger partial charge in [-0.1, -0.05) is 12.1 Å². The topological polar surface area (TPSA) is 38.7 Å². The van der Waals surface area contributed by atoms with E-state index in [1.165, 1.54) is 12.3 Å². The first-order valence-corrected chi connectivity index (χ1v) is 3.74. The van der Waals surface area contributed by atoms with Gasteiger partial charge in [0.15, 0.2) is 0 Å². The van der Waals surface area contributed by atoms with Gasteiger partial charge in [-0.3, -0.25) is 0 Å². The maximum absolute atomic E-state index is 9.75. The highest BCUT2D eigenvalue weighted by Crippen LogP contribution is 2.13. The predicted molar refractivity (Wildman–Crippen MR) is 50.1 cm³/mol. The van der Waals surface area contributed by atoms with Gasteiger partial charge in [0.1, 0.15) is 5.75 Å². The summed E-state index contributed by atoms with van der Waals surface area (Å²) in [5.74, 6) is 0.775. The third-order valence-corrected chi connectivity index (χ3v) is 1.49. The molecule has 0 bridgehead atoms. The Hall–Kier alpha value is -1.86. The molecule has 0 spiro atoms. The molecule has 1 aromatic carbocycles. The van der Waals surface area contributed by atoms with Crippen molar-refractivity contribution in [2.75, 3.05) is 7.11 Å². The average Bonchev–Trinajstić information content (AvgIpc) is 2.19. The van der Waals surface area contributed by atoms with Crippen molar-refractivity contribution in [1.29, 1.82) is 0 Å². The van der Waals surface area contributed by atoms with E-state index < -0.39 is 0 Å². The molecular formula is C10H9NO2. The van der Waals surface area contributed by atoms with Crippen LogP contribution in [-0.2, 0) is 4.79 Å². The Morgan fingerprint density at radius 1 is 1.54 bits per heavy atom. The number of hydrogen-bond donors (Lipinski definition) is 0. The molecule has 0 saturated heterocycles. The molecule has 0 aliphatic rings. The van der Waals surface area contributed by atoms with Gasteiger partial charge in [-0.2, -0.15) is 4.99 Å². The van der Waals surface area contributed by atoms with E-state index in [2.05, 4.69) is 4.99 Å². The molecule has 3 heteroatoms. The Morgan fingerprint density at radius 2 is 2.38 bits per heavy atom. The molecule has 66 valence electrons. The van der Waals surface area contributed by atoms with Gasteiger partial charge < -0.3 is 4.74 Å². The van der Waals surface area contributed by atoms with E-state index in [0.717, 1.165) is 11.3 Å². The Balaban J connectivity index is 2.82. The summed E-state index contributed by atoms with van der Waals surface area (Å²) in [5, 5.41) is 0. The van der Waals surface area contributed by atoms with E-state index in [1.54, 1.807) is 13.2 Å². The second-order valence-corrected chi connectivity index (χ2v) is 2.31. The van der Waals surface area contributed by atoms with Crippen LogP contribution in [0.2, 0.25) is 0 Å². The first kappa shape index (κ1) is 9.23. The van der Waals surface area contributed by atoms with Crippen LogP contribution in [0.3, 0.4) is 0 Å². The van der Waals surface area contributed by atoms with Crippen molar-refractivity contribution < 1.29 is 9.53 Å². The van der Waals surface area contributed by atoms with E-state index >= 15 is 0 Å². The van der Waals surface area contributed by atoms with Gasteiger partial charge in [-0.15, -0.1) is 0 Å². The zero-order valence-corrected chi connectivity index (χ0v) is 7.23. The number of ether oxygens (including phenoxy) is 1. The van der Waals surface area contributed by atoms with Crippen LogP contribution < -0.4 is 4.74 Å². The Bertz CT molecular complexity index is 352. The van der Waals surface area contributed by atoms with Crippen molar-refractivity contribution in [3.63, 3.8) is 0 Å². The van der Waals surface area contributed by atoms with Gasteiger partial charge in [-0.25, -0.2) is 4.79 Å². The van der Waals surface area contributed by atoms with Crippen LogP contribution in [0.4, 0.5) is 0 Å². The lowest BCUT2D eigenvalue weighted by atomic mass is 10.2. The maximum atomic E-state index is 9.75. The summed E-state index contributed by atoms with van der Waals surface area (Å²) in [6.07, 6.45) is 4.52. The second-order valence-electron chi connectivity index (χ2n) is 2.31. The molecule has 0 aliphatic carbocycles. The average molecular weight is 175 g/mol. The van der Waals surface area contributed by atoms with E-state index in [-0.39, 0.29) is 0 Å². The molecule has 1 rings (SSSR count). The zero-order chi connectivity index (χ0) is 9.52. The molecule has 0 radical (unpaired) electrons. The minimum atomic E-state index is 0.775. The number of rotatable bonds is 3. The minimum Gasteiger partial charge on any atom is -0.497 e. The highest BCUT2D eigenvalue weighted by Gasteiger charge is 1.90. The van der Waals surface area contributed by atoms with Crippen LogP contribution in [0.5, 0.6) is 5.75 Å². The van der Waals surface area contributed by atoms with Crippen molar-refractivity contribution in [3.05, 3.63) is 36.0 Å². The number of nitrogens with zero attached hydrogens (tertiary/aromatic N) is 1. The molecule has 13 heavy (non-hydrogen) atoms. The van der Waals surface area contributed by atoms with Crippen LogP contribution in [-0.4, -0.2) is 13.2 Å². The normalized spacial score (nSPS) is 9.62. The molecule has 0 fully saturated rings. The van der Waals surface area contributed by atoms with Gasteiger partial charge >= 0.3 is 0 Å². The largest absolute Gasteiger partial charge is 0.497 e. The predicted octanol–water partition coefficient (Wildman–Crippen LogP) is 2.00. The number of methoxy groups -OCH3 is 1. The third-order valence-electron chi connectivity index (χ3n) is 1.49. The monoisotopic (exact) mass is 175 g/mol. The number of hydrogen-bond acceptors (Lipinski definition) is 3. The van der Waals surface area contributed by atoms with Gasteiger partial charge in [0, 0.05) is 6.20 Å². The lowest BCUT2D eigenvalue weighted by molar-refractivity contribution is 0.414. The first-order valence-electron chi connectivity index (χ1n) is 3.74. The highest BCUT2D eigenvalue weighted by molar-refractivity contribution is 5.52. The number of aliphatic imine (C=N–C) groups is 1. The van der Waals surface area contributed by atoms with Crippen molar-refractivity contribution >= 4 is 12.2 Å². The van der Waals surface area contributed by atoms with E-state index in [4.69, 9.17) is 4.74 Å². The van der Waals surface area contributed by atoms with Crippen molar-refractivity contribution in [2.45, 2.75) is 0 Å². The summed E-state index contributed by atoms with van der Waals surface area (Å²) in [5.41, 5.74) is 0.929. The summed E-state index contributed by atoms with van der Waals surface area (Å²) < 4.78 is 5.02. The van der Waals surface area contributed by atoms with Crippen molar-refractivity contribution in [3.8, 4) is 5.75 Å². The van der Waals surface area contributed by atoms with Crippen LogP contribution >= 0.6 is 0 Å². The molecule has 0 atom stereocenters. The molecule has 0 heterocycles. The Labute approximate surface area is 76.4 Å². The molecule has 0 aromatic heterocycles. The lowest BCUT2D eigenvalue weighted by Crippen LogP contribution is -1.81. The van der Waals surface area contributed by atoms with Crippen LogP contribution in [0.25, 0.3) is 6.08 Å². The van der Waals surface area contributed by atoms with E-state index in [1.807, 2.05) is 24.3 Å². The second kappa shape index (κ2) is 4.91.